The Labute approximate surface area is 217 Å². The number of esters is 3. The molecule has 206 valence electrons. The van der Waals surface area contributed by atoms with Crippen LogP contribution in [0.25, 0.3) is 0 Å². The molecule has 2 N–H and O–H groups in total. The van der Waals surface area contributed by atoms with Crippen LogP contribution >= 0.6 is 0 Å². The fourth-order valence-corrected chi connectivity index (χ4v) is 3.06. The molecule has 0 saturated carbocycles. The minimum Gasteiger partial charge on any atom is -0.466 e. The van der Waals surface area contributed by atoms with Crippen LogP contribution in [0.3, 0.4) is 0 Å². The van der Waals surface area contributed by atoms with Crippen molar-refractivity contribution in [2.24, 2.45) is 0 Å². The van der Waals surface area contributed by atoms with E-state index in [1.165, 1.54) is 0 Å². The Morgan fingerprint density at radius 1 is 0.784 bits per heavy atom. The third kappa shape index (κ3) is 13.9. The summed E-state index contributed by atoms with van der Waals surface area (Å²) in [6.07, 6.45) is -1.29. The van der Waals surface area contributed by atoms with Crippen molar-refractivity contribution >= 4 is 29.9 Å². The van der Waals surface area contributed by atoms with Gasteiger partial charge in [-0.3, -0.25) is 9.59 Å². The Bertz CT molecular complexity index is 897. The van der Waals surface area contributed by atoms with Crippen LogP contribution in [0.5, 0.6) is 0 Å². The standard InChI is InChI=1S/C26H38N2O9/c1-6-34-22(30)16-14-19(23(31)35-7-2)27-21(29)15-13-20(24(32)37-26(3,4)5)28-25(33)36-17-18-11-9-8-10-12-18/h8-12,19-20H,6-7,13-17H2,1-5H3,(H,27,29)(H,28,33)/t19-,20?/m1/s1. The number of rotatable bonds is 14. The van der Waals surface area contributed by atoms with Crippen LogP contribution in [0, 0.1) is 0 Å². The van der Waals surface area contributed by atoms with E-state index >= 15 is 0 Å². The second-order valence-electron chi connectivity index (χ2n) is 9.05. The van der Waals surface area contributed by atoms with Gasteiger partial charge in [0, 0.05) is 12.8 Å². The van der Waals surface area contributed by atoms with Gasteiger partial charge in [0.1, 0.15) is 24.3 Å². The summed E-state index contributed by atoms with van der Waals surface area (Å²) in [6, 6.07) is 6.76. The third-order valence-corrected chi connectivity index (χ3v) is 4.71. The lowest BCUT2D eigenvalue weighted by Crippen LogP contribution is -2.46. The molecule has 1 unspecified atom stereocenters. The van der Waals surface area contributed by atoms with Gasteiger partial charge >= 0.3 is 24.0 Å². The lowest BCUT2D eigenvalue weighted by atomic mass is 10.1. The maximum Gasteiger partial charge on any atom is 0.408 e. The number of benzene rings is 1. The number of hydrogen-bond acceptors (Lipinski definition) is 9. The molecule has 11 heteroatoms. The first-order chi connectivity index (χ1) is 17.4. The third-order valence-electron chi connectivity index (χ3n) is 4.71. The van der Waals surface area contributed by atoms with Crippen LogP contribution in [-0.4, -0.2) is 60.8 Å². The summed E-state index contributed by atoms with van der Waals surface area (Å²) < 4.78 is 20.4. The molecule has 2 amide bonds. The van der Waals surface area contributed by atoms with Crippen LogP contribution in [0.1, 0.15) is 65.9 Å². The Balaban J connectivity index is 2.78. The van der Waals surface area contributed by atoms with Gasteiger partial charge in [-0.05, 0) is 53.0 Å². The normalized spacial score (nSPS) is 12.5. The van der Waals surface area contributed by atoms with E-state index in [0.29, 0.717) is 0 Å². The lowest BCUT2D eigenvalue weighted by Gasteiger charge is -2.24. The van der Waals surface area contributed by atoms with Gasteiger partial charge in [-0.1, -0.05) is 30.3 Å². The van der Waals surface area contributed by atoms with Gasteiger partial charge < -0.3 is 29.6 Å². The minimum absolute atomic E-state index is 0.00408. The van der Waals surface area contributed by atoms with Crippen LogP contribution < -0.4 is 10.6 Å². The first-order valence-electron chi connectivity index (χ1n) is 12.3. The zero-order valence-electron chi connectivity index (χ0n) is 22.2. The molecule has 0 aliphatic heterocycles. The maximum absolute atomic E-state index is 12.7. The number of amides is 2. The molecule has 0 saturated heterocycles. The second-order valence-corrected chi connectivity index (χ2v) is 9.05. The maximum atomic E-state index is 12.7. The van der Waals surface area contributed by atoms with E-state index < -0.39 is 47.6 Å². The van der Waals surface area contributed by atoms with Crippen LogP contribution in [0.15, 0.2) is 30.3 Å². The average molecular weight is 523 g/mol. The minimum atomic E-state index is -1.17. The molecule has 0 spiro atoms. The SMILES string of the molecule is CCOC(=O)CC[C@@H](NC(=O)CCC(NC(=O)OCc1ccccc1)C(=O)OC(C)(C)C)C(=O)OCC. The van der Waals surface area contributed by atoms with Crippen LogP contribution in [-0.2, 0) is 44.7 Å². The van der Waals surface area contributed by atoms with Crippen molar-refractivity contribution in [3.8, 4) is 0 Å². The quantitative estimate of drug-likeness (QED) is 0.278. The summed E-state index contributed by atoms with van der Waals surface area (Å²) in [4.78, 5) is 61.6. The largest absolute Gasteiger partial charge is 0.466 e. The van der Waals surface area contributed by atoms with Gasteiger partial charge in [-0.2, -0.15) is 0 Å². The topological polar surface area (TPSA) is 146 Å². The predicted octanol–water partition coefficient (Wildman–Crippen LogP) is 2.79. The predicted molar refractivity (Wildman–Crippen MR) is 133 cm³/mol. The van der Waals surface area contributed by atoms with Crippen molar-refractivity contribution in [1.82, 2.24) is 10.6 Å². The molecule has 37 heavy (non-hydrogen) atoms. The molecular formula is C26H38N2O9. The summed E-state index contributed by atoms with van der Waals surface area (Å²) in [5, 5.41) is 4.97. The summed E-state index contributed by atoms with van der Waals surface area (Å²) >= 11 is 0. The molecule has 0 heterocycles. The fraction of sp³-hybridized carbons (Fsp3) is 0.577. The van der Waals surface area contributed by atoms with Crippen molar-refractivity contribution in [2.75, 3.05) is 13.2 Å². The van der Waals surface area contributed by atoms with Gasteiger partial charge in [0.2, 0.25) is 5.91 Å². The van der Waals surface area contributed by atoms with Gasteiger partial charge in [0.05, 0.1) is 13.2 Å². The smallest absolute Gasteiger partial charge is 0.408 e. The number of carbonyl (C=O) groups excluding carboxylic acids is 5. The molecule has 1 rings (SSSR count). The molecule has 0 radical (unpaired) electrons. The summed E-state index contributed by atoms with van der Waals surface area (Å²) in [5.74, 6) is -2.50. The van der Waals surface area contributed by atoms with Gasteiger partial charge in [0.15, 0.2) is 0 Å². The molecule has 2 atom stereocenters. The number of ether oxygens (including phenoxy) is 4. The van der Waals surface area contributed by atoms with E-state index in [4.69, 9.17) is 18.9 Å². The lowest BCUT2D eigenvalue weighted by molar-refractivity contribution is -0.157. The zero-order chi connectivity index (χ0) is 27.8. The van der Waals surface area contributed by atoms with Crippen LogP contribution in [0.2, 0.25) is 0 Å². The van der Waals surface area contributed by atoms with Crippen molar-refractivity contribution in [3.63, 3.8) is 0 Å². The van der Waals surface area contributed by atoms with Gasteiger partial charge in [-0.15, -0.1) is 0 Å². The van der Waals surface area contributed by atoms with E-state index in [2.05, 4.69) is 10.6 Å². The van der Waals surface area contributed by atoms with Gasteiger partial charge in [-0.25, -0.2) is 14.4 Å². The zero-order valence-corrected chi connectivity index (χ0v) is 22.2. The average Bonchev–Trinajstić information content (AvgIpc) is 2.82. The molecular weight excluding hydrogens is 484 g/mol. The molecule has 0 aliphatic rings. The number of carbonyl (C=O) groups is 5. The van der Waals surface area contributed by atoms with E-state index in [0.717, 1.165) is 5.56 Å². The van der Waals surface area contributed by atoms with Crippen molar-refractivity contribution in [3.05, 3.63) is 35.9 Å². The number of nitrogens with one attached hydrogen (secondary N) is 2. The molecule has 0 fully saturated rings. The second kappa shape index (κ2) is 16.2. The number of hydrogen-bond donors (Lipinski definition) is 2. The Hall–Kier alpha value is -3.63. The Morgan fingerprint density at radius 2 is 1.38 bits per heavy atom. The van der Waals surface area contributed by atoms with Crippen molar-refractivity contribution in [2.45, 2.75) is 84.6 Å². The first-order valence-corrected chi connectivity index (χ1v) is 12.3. The molecule has 0 aromatic heterocycles. The van der Waals surface area contributed by atoms with Crippen molar-refractivity contribution in [1.29, 1.82) is 0 Å². The van der Waals surface area contributed by atoms with Crippen molar-refractivity contribution < 1.29 is 42.9 Å². The highest BCUT2D eigenvalue weighted by Gasteiger charge is 2.29. The van der Waals surface area contributed by atoms with E-state index in [-0.39, 0.29) is 45.5 Å². The van der Waals surface area contributed by atoms with E-state index in [1.807, 2.05) is 6.07 Å². The van der Waals surface area contributed by atoms with Gasteiger partial charge in [0.25, 0.3) is 0 Å². The highest BCUT2D eigenvalue weighted by atomic mass is 16.6. The van der Waals surface area contributed by atoms with E-state index in [9.17, 15) is 24.0 Å². The molecule has 1 aromatic rings. The molecule has 0 bridgehead atoms. The summed E-state index contributed by atoms with van der Waals surface area (Å²) in [5.41, 5.74) is -0.0614. The van der Waals surface area contributed by atoms with Crippen LogP contribution in [0.4, 0.5) is 4.79 Å². The summed E-state index contributed by atoms with van der Waals surface area (Å²) in [6.45, 7) is 8.60. The highest BCUT2D eigenvalue weighted by Crippen LogP contribution is 2.12. The Morgan fingerprint density at radius 3 is 1.97 bits per heavy atom. The fourth-order valence-electron chi connectivity index (χ4n) is 3.06. The number of alkyl carbamates (subject to hydrolysis) is 1. The molecule has 1 aromatic carbocycles. The molecule has 11 nitrogen and oxygen atoms in total. The monoisotopic (exact) mass is 522 g/mol. The summed E-state index contributed by atoms with van der Waals surface area (Å²) in [7, 11) is 0. The Kier molecular flexibility index (Phi) is 13.7. The highest BCUT2D eigenvalue weighted by molar-refractivity contribution is 5.86. The first kappa shape index (κ1) is 31.4. The van der Waals surface area contributed by atoms with E-state index in [1.54, 1.807) is 58.9 Å². The molecule has 0 aliphatic carbocycles.